The lowest BCUT2D eigenvalue weighted by molar-refractivity contribution is 0.283. The molecule has 0 saturated heterocycles. The third-order valence-electron chi connectivity index (χ3n) is 1.99. The summed E-state index contributed by atoms with van der Waals surface area (Å²) in [5.74, 6) is -1.08. The smallest absolute Gasteiger partial charge is 0.165 e. The van der Waals surface area contributed by atoms with Crippen molar-refractivity contribution in [3.63, 3.8) is 0 Å². The minimum Gasteiger partial charge on any atom is -0.484 e. The molecule has 0 unspecified atom stereocenters. The molecule has 0 fully saturated rings. The summed E-state index contributed by atoms with van der Waals surface area (Å²) >= 11 is 0. The molecule has 2 N–H and O–H groups in total. The molecule has 0 radical (unpaired) electrons. The standard InChI is InChI=1S/C11H9F2N3O/c12-7-1-2-9(13)10(3-7)17-6-8-4-16-11(14)5-15-8/h1-5H,6H2,(H2,14,16). The third-order valence-corrected chi connectivity index (χ3v) is 1.99. The molecule has 0 aliphatic rings. The van der Waals surface area contributed by atoms with Crippen molar-refractivity contribution in [3.8, 4) is 5.75 Å². The predicted molar refractivity (Wildman–Crippen MR) is 57.1 cm³/mol. The van der Waals surface area contributed by atoms with Crippen LogP contribution in [0.15, 0.2) is 30.6 Å². The maximum Gasteiger partial charge on any atom is 0.165 e. The zero-order chi connectivity index (χ0) is 12.3. The molecule has 0 spiro atoms. The first-order valence-electron chi connectivity index (χ1n) is 4.79. The first kappa shape index (κ1) is 11.3. The highest BCUT2D eigenvalue weighted by atomic mass is 19.1. The van der Waals surface area contributed by atoms with Gasteiger partial charge in [0, 0.05) is 6.07 Å². The van der Waals surface area contributed by atoms with E-state index in [2.05, 4.69) is 9.97 Å². The van der Waals surface area contributed by atoms with Crippen molar-refractivity contribution < 1.29 is 13.5 Å². The fourth-order valence-electron chi connectivity index (χ4n) is 1.18. The number of hydrogen-bond donors (Lipinski definition) is 1. The molecule has 17 heavy (non-hydrogen) atoms. The van der Waals surface area contributed by atoms with Crippen LogP contribution in [-0.2, 0) is 6.61 Å². The van der Waals surface area contributed by atoms with E-state index in [9.17, 15) is 8.78 Å². The molecule has 0 atom stereocenters. The molecule has 1 heterocycles. The number of nitrogens with two attached hydrogens (primary N) is 1. The van der Waals surface area contributed by atoms with Gasteiger partial charge in [0.15, 0.2) is 11.6 Å². The summed E-state index contributed by atoms with van der Waals surface area (Å²) in [5.41, 5.74) is 5.83. The van der Waals surface area contributed by atoms with Crippen LogP contribution in [0.3, 0.4) is 0 Å². The molecule has 2 rings (SSSR count). The lowest BCUT2D eigenvalue weighted by Gasteiger charge is -2.06. The van der Waals surface area contributed by atoms with Crippen LogP contribution < -0.4 is 10.5 Å². The minimum absolute atomic E-state index is 0.00630. The summed E-state index contributed by atoms with van der Waals surface area (Å²) in [7, 11) is 0. The van der Waals surface area contributed by atoms with E-state index < -0.39 is 11.6 Å². The van der Waals surface area contributed by atoms with Gasteiger partial charge in [-0.2, -0.15) is 0 Å². The first-order valence-corrected chi connectivity index (χ1v) is 4.79. The number of hydrogen-bond acceptors (Lipinski definition) is 4. The molecule has 1 aromatic heterocycles. The van der Waals surface area contributed by atoms with Gasteiger partial charge in [-0.1, -0.05) is 0 Å². The average Bonchev–Trinajstić information content (AvgIpc) is 2.32. The molecule has 0 saturated carbocycles. The van der Waals surface area contributed by atoms with E-state index in [0.29, 0.717) is 5.69 Å². The molecule has 4 nitrogen and oxygen atoms in total. The lowest BCUT2D eigenvalue weighted by Crippen LogP contribution is -2.02. The molecular formula is C11H9F2N3O. The van der Waals surface area contributed by atoms with Crippen LogP contribution in [0.1, 0.15) is 5.69 Å². The van der Waals surface area contributed by atoms with Gasteiger partial charge in [-0.3, -0.25) is 4.98 Å². The van der Waals surface area contributed by atoms with Crippen LogP contribution >= 0.6 is 0 Å². The summed E-state index contributed by atoms with van der Waals surface area (Å²) < 4.78 is 31.1. The van der Waals surface area contributed by atoms with Gasteiger partial charge in [0.25, 0.3) is 0 Å². The fourth-order valence-corrected chi connectivity index (χ4v) is 1.18. The molecule has 0 aliphatic heterocycles. The van der Waals surface area contributed by atoms with Crippen LogP contribution in [0, 0.1) is 11.6 Å². The van der Waals surface area contributed by atoms with Crippen molar-refractivity contribution in [1.29, 1.82) is 0 Å². The van der Waals surface area contributed by atoms with Crippen LogP contribution in [0.5, 0.6) is 5.75 Å². The van der Waals surface area contributed by atoms with Crippen molar-refractivity contribution in [3.05, 3.63) is 47.9 Å². The van der Waals surface area contributed by atoms with Gasteiger partial charge < -0.3 is 10.5 Å². The summed E-state index contributed by atoms with van der Waals surface area (Å²) in [4.78, 5) is 7.72. The summed E-state index contributed by atoms with van der Waals surface area (Å²) in [6, 6.07) is 2.99. The number of rotatable bonds is 3. The Hall–Kier alpha value is -2.24. The summed E-state index contributed by atoms with van der Waals surface area (Å²) in [6.07, 6.45) is 2.77. The van der Waals surface area contributed by atoms with Crippen LogP contribution in [0.2, 0.25) is 0 Å². The Balaban J connectivity index is 2.07. The molecule has 0 aliphatic carbocycles. The zero-order valence-corrected chi connectivity index (χ0v) is 8.73. The topological polar surface area (TPSA) is 61.0 Å². The van der Waals surface area contributed by atoms with Crippen molar-refractivity contribution in [2.45, 2.75) is 6.61 Å². The third kappa shape index (κ3) is 2.87. The molecular weight excluding hydrogens is 228 g/mol. The number of nitrogen functional groups attached to an aromatic ring is 1. The van der Waals surface area contributed by atoms with E-state index >= 15 is 0 Å². The predicted octanol–water partition coefficient (Wildman–Crippen LogP) is 1.92. The molecule has 0 amide bonds. The number of benzene rings is 1. The number of aromatic nitrogens is 2. The second-order valence-corrected chi connectivity index (χ2v) is 3.30. The molecule has 2 aromatic rings. The minimum atomic E-state index is -0.630. The number of nitrogens with zero attached hydrogens (tertiary/aromatic N) is 2. The summed E-state index contributed by atoms with van der Waals surface area (Å²) in [5, 5.41) is 0. The van der Waals surface area contributed by atoms with E-state index in [4.69, 9.17) is 10.5 Å². The molecule has 6 heteroatoms. The Kier molecular flexibility index (Phi) is 3.13. The number of ether oxygens (including phenoxy) is 1. The highest BCUT2D eigenvalue weighted by Crippen LogP contribution is 2.18. The molecule has 88 valence electrons. The Morgan fingerprint density at radius 1 is 1.18 bits per heavy atom. The second-order valence-electron chi connectivity index (χ2n) is 3.30. The van der Waals surface area contributed by atoms with Crippen molar-refractivity contribution in [1.82, 2.24) is 9.97 Å². The van der Waals surface area contributed by atoms with Gasteiger partial charge in [0.05, 0.1) is 18.1 Å². The lowest BCUT2D eigenvalue weighted by atomic mass is 10.3. The highest BCUT2D eigenvalue weighted by Gasteiger charge is 2.05. The normalized spacial score (nSPS) is 10.2. The van der Waals surface area contributed by atoms with Crippen molar-refractivity contribution >= 4 is 5.82 Å². The highest BCUT2D eigenvalue weighted by molar-refractivity contribution is 5.26. The van der Waals surface area contributed by atoms with E-state index in [0.717, 1.165) is 18.2 Å². The monoisotopic (exact) mass is 237 g/mol. The molecule has 1 aromatic carbocycles. The Bertz CT molecular complexity index is 517. The van der Waals surface area contributed by atoms with Gasteiger partial charge >= 0.3 is 0 Å². The van der Waals surface area contributed by atoms with Crippen LogP contribution in [0.25, 0.3) is 0 Å². The van der Waals surface area contributed by atoms with Gasteiger partial charge in [-0.05, 0) is 12.1 Å². The SMILES string of the molecule is Nc1cnc(COc2cc(F)ccc2F)cn1. The van der Waals surface area contributed by atoms with Crippen LogP contribution in [0.4, 0.5) is 14.6 Å². The zero-order valence-electron chi connectivity index (χ0n) is 8.73. The van der Waals surface area contributed by atoms with Gasteiger partial charge in [0.2, 0.25) is 0 Å². The fraction of sp³-hybridized carbons (Fsp3) is 0.0909. The maximum absolute atomic E-state index is 13.2. The molecule has 0 bridgehead atoms. The Labute approximate surface area is 96.1 Å². The van der Waals surface area contributed by atoms with Gasteiger partial charge in [0.1, 0.15) is 18.2 Å². The van der Waals surface area contributed by atoms with E-state index in [1.165, 1.54) is 12.4 Å². The van der Waals surface area contributed by atoms with E-state index in [1.807, 2.05) is 0 Å². The maximum atomic E-state index is 13.2. The summed E-state index contributed by atoms with van der Waals surface area (Å²) in [6.45, 7) is -0.00630. The largest absolute Gasteiger partial charge is 0.484 e. The van der Waals surface area contributed by atoms with Gasteiger partial charge in [-0.15, -0.1) is 0 Å². The van der Waals surface area contributed by atoms with E-state index in [1.54, 1.807) is 0 Å². The van der Waals surface area contributed by atoms with E-state index in [-0.39, 0.29) is 18.2 Å². The Morgan fingerprint density at radius 2 is 2.00 bits per heavy atom. The van der Waals surface area contributed by atoms with Gasteiger partial charge in [-0.25, -0.2) is 13.8 Å². The van der Waals surface area contributed by atoms with Crippen LogP contribution in [-0.4, -0.2) is 9.97 Å². The second kappa shape index (κ2) is 4.73. The van der Waals surface area contributed by atoms with Crippen molar-refractivity contribution in [2.75, 3.05) is 5.73 Å². The van der Waals surface area contributed by atoms with Crippen molar-refractivity contribution in [2.24, 2.45) is 0 Å². The average molecular weight is 237 g/mol. The number of anilines is 1. The first-order chi connectivity index (χ1) is 8.15. The quantitative estimate of drug-likeness (QED) is 0.885. The Morgan fingerprint density at radius 3 is 2.71 bits per heavy atom. The number of halogens is 2.